The van der Waals surface area contributed by atoms with Gasteiger partial charge < -0.3 is 16.0 Å². The van der Waals surface area contributed by atoms with Gasteiger partial charge in [-0.05, 0) is 68.5 Å². The topological polar surface area (TPSA) is 84.1 Å². The number of nitrogens with one attached hydrogen (secondary N) is 1. The first-order valence-electron chi connectivity index (χ1n) is 11.1. The average molecular weight is 540 g/mol. The van der Waals surface area contributed by atoms with Crippen LogP contribution in [0.3, 0.4) is 0 Å². The maximum Gasteiger partial charge on any atom is 0.434 e. The Morgan fingerprint density at radius 3 is 2.22 bits per heavy atom. The summed E-state index contributed by atoms with van der Waals surface area (Å²) in [5.74, 6) is -0.979. The summed E-state index contributed by atoms with van der Waals surface area (Å²) in [6, 6.07) is 10.4. The molecule has 0 atom stereocenters. The van der Waals surface area contributed by atoms with Gasteiger partial charge in [-0.3, -0.25) is 4.79 Å². The maximum absolute atomic E-state index is 13.5. The second-order valence-electron chi connectivity index (χ2n) is 8.54. The highest BCUT2D eigenvalue weighted by molar-refractivity contribution is 6.31. The van der Waals surface area contributed by atoms with E-state index in [1.54, 1.807) is 31.2 Å². The summed E-state index contributed by atoms with van der Waals surface area (Å²) >= 11 is 11.6. The summed E-state index contributed by atoms with van der Waals surface area (Å²) in [6.07, 6.45) is -1.31. The standard InChI is InChI=1S/C18H18ClF3N4O.C7H8ClN/c1-10-6-7-11(19)8-14(10)24-17-23-9-13(15(25-17)18(20,21)22)16(27)26(2)12-4-3-5-12;1-5-2-3-6(8)4-7(5)9/h6-9,12H,3-5H2,1-2H3,(H,23,24,25);2-4H,9H2,1H3. The minimum absolute atomic E-state index is 0.0366. The van der Waals surface area contributed by atoms with Gasteiger partial charge in [0.2, 0.25) is 5.95 Å². The molecule has 0 radical (unpaired) electrons. The van der Waals surface area contributed by atoms with Crippen LogP contribution in [0.4, 0.5) is 30.5 Å². The number of nitrogens with two attached hydrogens (primary N) is 1. The van der Waals surface area contributed by atoms with Gasteiger partial charge in [-0.1, -0.05) is 35.3 Å². The van der Waals surface area contributed by atoms with E-state index in [1.807, 2.05) is 19.1 Å². The van der Waals surface area contributed by atoms with Crippen molar-refractivity contribution in [3.05, 3.63) is 75.0 Å². The van der Waals surface area contributed by atoms with Crippen molar-refractivity contribution in [1.82, 2.24) is 14.9 Å². The van der Waals surface area contributed by atoms with E-state index in [1.165, 1.54) is 11.9 Å². The largest absolute Gasteiger partial charge is 0.434 e. The summed E-state index contributed by atoms with van der Waals surface area (Å²) in [5.41, 5.74) is 6.81. The summed E-state index contributed by atoms with van der Waals surface area (Å²) in [6.45, 7) is 3.72. The number of nitrogen functional groups attached to an aromatic ring is 1. The van der Waals surface area contributed by atoms with E-state index in [0.717, 1.165) is 42.3 Å². The van der Waals surface area contributed by atoms with E-state index in [0.29, 0.717) is 15.7 Å². The van der Waals surface area contributed by atoms with Crippen LogP contribution in [0.15, 0.2) is 42.6 Å². The van der Waals surface area contributed by atoms with Gasteiger partial charge in [0.1, 0.15) is 0 Å². The van der Waals surface area contributed by atoms with Crippen molar-refractivity contribution < 1.29 is 18.0 Å². The van der Waals surface area contributed by atoms with E-state index in [2.05, 4.69) is 15.3 Å². The normalized spacial score (nSPS) is 13.3. The third-order valence-electron chi connectivity index (χ3n) is 5.92. The Balaban J connectivity index is 0.000000338. The van der Waals surface area contributed by atoms with E-state index >= 15 is 0 Å². The van der Waals surface area contributed by atoms with Crippen molar-refractivity contribution in [3.63, 3.8) is 0 Å². The molecule has 0 unspecified atom stereocenters. The van der Waals surface area contributed by atoms with Gasteiger partial charge in [0, 0.05) is 40.7 Å². The molecule has 4 rings (SSSR count). The van der Waals surface area contributed by atoms with Crippen molar-refractivity contribution >= 4 is 46.4 Å². The van der Waals surface area contributed by atoms with Crippen LogP contribution in [-0.2, 0) is 6.18 Å². The van der Waals surface area contributed by atoms with Crippen molar-refractivity contribution in [1.29, 1.82) is 0 Å². The first-order valence-corrected chi connectivity index (χ1v) is 11.9. The number of halogens is 5. The lowest BCUT2D eigenvalue weighted by Gasteiger charge is -2.35. The lowest BCUT2D eigenvalue weighted by Crippen LogP contribution is -2.42. The molecule has 0 bridgehead atoms. The Labute approximate surface area is 217 Å². The molecule has 1 fully saturated rings. The predicted octanol–water partition coefficient (Wildman–Crippen LogP) is 7.06. The molecule has 1 aliphatic carbocycles. The summed E-state index contributed by atoms with van der Waals surface area (Å²) in [7, 11) is 1.51. The zero-order valence-electron chi connectivity index (χ0n) is 20.0. The highest BCUT2D eigenvalue weighted by Crippen LogP contribution is 2.33. The summed E-state index contributed by atoms with van der Waals surface area (Å²) in [5, 5.41) is 3.85. The maximum atomic E-state index is 13.5. The van der Waals surface area contributed by atoms with Gasteiger partial charge >= 0.3 is 6.18 Å². The number of anilines is 3. The SMILES string of the molecule is Cc1ccc(Cl)cc1N.Cc1ccc(Cl)cc1Nc1ncc(C(=O)N(C)C2CCC2)c(C(F)(F)F)n1. The van der Waals surface area contributed by atoms with Crippen LogP contribution in [0.2, 0.25) is 10.0 Å². The van der Waals surface area contributed by atoms with Crippen LogP contribution in [0.5, 0.6) is 0 Å². The molecule has 1 saturated carbocycles. The van der Waals surface area contributed by atoms with Gasteiger partial charge in [0.15, 0.2) is 5.69 Å². The summed E-state index contributed by atoms with van der Waals surface area (Å²) < 4.78 is 40.6. The molecule has 192 valence electrons. The number of benzene rings is 2. The van der Waals surface area contributed by atoms with Crippen LogP contribution in [0.25, 0.3) is 0 Å². The van der Waals surface area contributed by atoms with Crippen LogP contribution in [0.1, 0.15) is 46.4 Å². The molecule has 1 aliphatic rings. The molecule has 11 heteroatoms. The molecule has 1 aromatic heterocycles. The van der Waals surface area contributed by atoms with E-state index in [4.69, 9.17) is 28.9 Å². The Morgan fingerprint density at radius 1 is 1.08 bits per heavy atom. The minimum Gasteiger partial charge on any atom is -0.398 e. The van der Waals surface area contributed by atoms with Crippen LogP contribution in [-0.4, -0.2) is 33.9 Å². The van der Waals surface area contributed by atoms with E-state index < -0.39 is 23.3 Å². The van der Waals surface area contributed by atoms with Crippen LogP contribution >= 0.6 is 23.2 Å². The number of aromatic nitrogens is 2. The number of alkyl halides is 3. The lowest BCUT2D eigenvalue weighted by molar-refractivity contribution is -0.141. The van der Waals surface area contributed by atoms with Crippen LogP contribution in [0, 0.1) is 13.8 Å². The van der Waals surface area contributed by atoms with Crippen molar-refractivity contribution in [2.24, 2.45) is 0 Å². The van der Waals surface area contributed by atoms with Crippen molar-refractivity contribution in [2.75, 3.05) is 18.1 Å². The molecular formula is C25H26Cl2F3N5O. The molecule has 36 heavy (non-hydrogen) atoms. The molecule has 6 nitrogen and oxygen atoms in total. The minimum atomic E-state index is -4.78. The van der Waals surface area contributed by atoms with Crippen molar-refractivity contribution in [3.8, 4) is 0 Å². The van der Waals surface area contributed by atoms with Gasteiger partial charge in [-0.25, -0.2) is 9.97 Å². The Hall–Kier alpha value is -3.04. The van der Waals surface area contributed by atoms with Crippen LogP contribution < -0.4 is 11.1 Å². The zero-order valence-corrected chi connectivity index (χ0v) is 21.5. The number of amides is 1. The molecule has 3 aromatic rings. The second kappa shape index (κ2) is 11.3. The molecule has 1 amide bonds. The summed E-state index contributed by atoms with van der Waals surface area (Å²) in [4.78, 5) is 21.4. The Bertz CT molecular complexity index is 1250. The van der Waals surface area contributed by atoms with Gasteiger partial charge in [0.25, 0.3) is 5.91 Å². The quantitative estimate of drug-likeness (QED) is 0.347. The number of rotatable bonds is 4. The monoisotopic (exact) mass is 539 g/mol. The molecular weight excluding hydrogens is 514 g/mol. The molecule has 0 saturated heterocycles. The number of hydrogen-bond acceptors (Lipinski definition) is 5. The van der Waals surface area contributed by atoms with Crippen molar-refractivity contribution in [2.45, 2.75) is 45.3 Å². The zero-order chi connectivity index (χ0) is 26.6. The predicted molar refractivity (Wildman–Crippen MR) is 137 cm³/mol. The first kappa shape index (κ1) is 27.5. The lowest BCUT2D eigenvalue weighted by atomic mass is 9.91. The number of aryl methyl sites for hydroxylation is 2. The molecule has 0 aliphatic heterocycles. The fourth-order valence-electron chi connectivity index (χ4n) is 3.41. The average Bonchev–Trinajstić information content (AvgIpc) is 2.77. The Kier molecular flexibility index (Phi) is 8.68. The first-order chi connectivity index (χ1) is 16.9. The fraction of sp³-hybridized carbons (Fsp3) is 0.320. The number of nitrogens with zero attached hydrogens (tertiary/aromatic N) is 3. The fourth-order valence-corrected chi connectivity index (χ4v) is 3.76. The number of carbonyl (C=O) groups is 1. The number of hydrogen-bond donors (Lipinski definition) is 2. The molecule has 0 spiro atoms. The third-order valence-corrected chi connectivity index (χ3v) is 6.39. The third kappa shape index (κ3) is 6.79. The molecule has 3 N–H and O–H groups in total. The number of carbonyl (C=O) groups excluding carboxylic acids is 1. The highest BCUT2D eigenvalue weighted by atomic mass is 35.5. The highest BCUT2D eigenvalue weighted by Gasteiger charge is 2.40. The van der Waals surface area contributed by atoms with E-state index in [9.17, 15) is 18.0 Å². The Morgan fingerprint density at radius 2 is 1.69 bits per heavy atom. The molecule has 1 heterocycles. The van der Waals surface area contributed by atoms with Gasteiger partial charge in [0.05, 0.1) is 5.56 Å². The van der Waals surface area contributed by atoms with Gasteiger partial charge in [-0.15, -0.1) is 0 Å². The van der Waals surface area contributed by atoms with E-state index in [-0.39, 0.29) is 12.0 Å². The second-order valence-corrected chi connectivity index (χ2v) is 9.41. The molecule has 2 aromatic carbocycles. The van der Waals surface area contributed by atoms with Gasteiger partial charge in [-0.2, -0.15) is 13.2 Å². The smallest absolute Gasteiger partial charge is 0.398 e.